The molecule has 0 saturated carbocycles. The van der Waals surface area contributed by atoms with Gasteiger partial charge in [0.25, 0.3) is 0 Å². The van der Waals surface area contributed by atoms with Gasteiger partial charge in [0.05, 0.1) is 23.3 Å². The van der Waals surface area contributed by atoms with E-state index < -0.39 is 8.56 Å². The summed E-state index contributed by atoms with van der Waals surface area (Å²) in [6, 6.07) is 12.4. The zero-order valence-corrected chi connectivity index (χ0v) is 14.4. The number of rotatable bonds is 4. The smallest absolute Gasteiger partial charge is 0.385 e. The van der Waals surface area contributed by atoms with Crippen molar-refractivity contribution in [3.63, 3.8) is 0 Å². The Morgan fingerprint density at radius 2 is 1.40 bits per heavy atom. The van der Waals surface area contributed by atoms with Crippen LogP contribution in [0, 0.1) is 11.3 Å². The topological polar surface area (TPSA) is 42.2 Å². The van der Waals surface area contributed by atoms with E-state index in [4.69, 9.17) is 8.85 Å². The Morgan fingerprint density at radius 1 is 0.950 bits per heavy atom. The van der Waals surface area contributed by atoms with Crippen molar-refractivity contribution in [1.82, 2.24) is 0 Å². The first-order valence-electron chi connectivity index (χ1n) is 6.91. The molecular weight excluding hydrogens is 266 g/mol. The first kappa shape index (κ1) is 16.9. The molecule has 1 aromatic carbocycles. The third-order valence-corrected chi connectivity index (χ3v) is 6.19. The zero-order chi connectivity index (χ0) is 15.4. The van der Waals surface area contributed by atoms with Gasteiger partial charge in [0.15, 0.2) is 0 Å². The van der Waals surface area contributed by atoms with E-state index in [0.29, 0.717) is 0 Å². The Kier molecular flexibility index (Phi) is 5.14. The van der Waals surface area contributed by atoms with Crippen LogP contribution in [0.1, 0.15) is 41.5 Å². The maximum absolute atomic E-state index is 9.28. The Hall–Kier alpha value is -1.15. The van der Waals surface area contributed by atoms with Crippen LogP contribution >= 0.6 is 0 Å². The molecule has 0 aliphatic heterocycles. The van der Waals surface area contributed by atoms with E-state index in [2.05, 4.69) is 6.07 Å². The summed E-state index contributed by atoms with van der Waals surface area (Å²) in [7, 11) is -2.80. The molecule has 110 valence electrons. The summed E-state index contributed by atoms with van der Waals surface area (Å²) in [5.41, 5.74) is -0.714. The van der Waals surface area contributed by atoms with Crippen molar-refractivity contribution in [2.24, 2.45) is 0 Å². The van der Waals surface area contributed by atoms with Gasteiger partial charge in [-0.2, -0.15) is 5.26 Å². The quantitative estimate of drug-likeness (QED) is 0.797. The molecular formula is C16H25NO2Si. The van der Waals surface area contributed by atoms with Gasteiger partial charge in [0, 0.05) is 0 Å². The number of hydrogen-bond donors (Lipinski definition) is 0. The standard InChI is InChI=1S/C16H25NO2Si/c1-15(2,3)18-20(13-12-17,19-16(4,5)6)14-10-8-7-9-11-14/h7-11H,13H2,1-6H3. The molecule has 0 saturated heterocycles. The summed E-state index contributed by atoms with van der Waals surface area (Å²) in [6.45, 7) is 12.0. The molecule has 0 spiro atoms. The van der Waals surface area contributed by atoms with Gasteiger partial charge < -0.3 is 8.85 Å². The molecule has 0 aromatic heterocycles. The van der Waals surface area contributed by atoms with Crippen LogP contribution in [-0.2, 0) is 8.85 Å². The summed E-state index contributed by atoms with van der Waals surface area (Å²) in [5.74, 6) is 0. The van der Waals surface area contributed by atoms with Gasteiger partial charge in [-0.3, -0.25) is 0 Å². The largest absolute Gasteiger partial charge is 0.387 e. The number of benzene rings is 1. The summed E-state index contributed by atoms with van der Waals surface area (Å²) in [4.78, 5) is 0. The molecule has 20 heavy (non-hydrogen) atoms. The minimum absolute atomic E-state index is 0.283. The average molecular weight is 291 g/mol. The molecule has 1 aromatic rings. The van der Waals surface area contributed by atoms with E-state index in [0.717, 1.165) is 5.19 Å². The normalized spacial score (nSPS) is 13.1. The first-order valence-corrected chi connectivity index (χ1v) is 8.93. The Labute approximate surface area is 123 Å². The molecule has 0 aliphatic carbocycles. The minimum Gasteiger partial charge on any atom is -0.385 e. The van der Waals surface area contributed by atoms with Gasteiger partial charge in [-0.25, -0.2) is 0 Å². The van der Waals surface area contributed by atoms with Crippen molar-refractivity contribution in [3.8, 4) is 6.07 Å². The van der Waals surface area contributed by atoms with Gasteiger partial charge >= 0.3 is 8.56 Å². The van der Waals surface area contributed by atoms with Gasteiger partial charge in [-0.15, -0.1) is 0 Å². The van der Waals surface area contributed by atoms with Crippen LogP contribution in [0.5, 0.6) is 0 Å². The molecule has 1 rings (SSSR count). The van der Waals surface area contributed by atoms with Gasteiger partial charge in [0.1, 0.15) is 0 Å². The lowest BCUT2D eigenvalue weighted by molar-refractivity contribution is 0.0236. The maximum atomic E-state index is 9.28. The van der Waals surface area contributed by atoms with E-state index in [1.54, 1.807) is 0 Å². The summed E-state index contributed by atoms with van der Waals surface area (Å²) < 4.78 is 12.6. The molecule has 4 heteroatoms. The predicted molar refractivity (Wildman–Crippen MR) is 83.9 cm³/mol. The van der Waals surface area contributed by atoms with Crippen molar-refractivity contribution in [1.29, 1.82) is 5.26 Å². The predicted octanol–water partition coefficient (Wildman–Crippen LogP) is 3.49. The molecule has 0 heterocycles. The van der Waals surface area contributed by atoms with E-state index in [9.17, 15) is 5.26 Å². The highest BCUT2D eigenvalue weighted by Gasteiger charge is 2.46. The second-order valence-electron chi connectivity index (χ2n) is 6.88. The molecule has 3 nitrogen and oxygen atoms in total. The summed E-state index contributed by atoms with van der Waals surface area (Å²) >= 11 is 0. The Balaban J connectivity index is 3.31. The lowest BCUT2D eigenvalue weighted by Gasteiger charge is -2.40. The molecule has 0 aliphatic rings. The molecule has 0 radical (unpaired) electrons. The second-order valence-corrected chi connectivity index (χ2v) is 9.73. The highest BCUT2D eigenvalue weighted by molar-refractivity contribution is 6.81. The van der Waals surface area contributed by atoms with Gasteiger partial charge in [-0.1, -0.05) is 30.3 Å². The van der Waals surface area contributed by atoms with E-state index in [-0.39, 0.29) is 17.2 Å². The van der Waals surface area contributed by atoms with Gasteiger partial charge in [-0.05, 0) is 46.7 Å². The molecule has 0 fully saturated rings. The zero-order valence-electron chi connectivity index (χ0n) is 13.4. The molecule has 0 N–H and O–H groups in total. The third-order valence-electron chi connectivity index (χ3n) is 2.47. The number of nitriles is 1. The van der Waals surface area contributed by atoms with Crippen molar-refractivity contribution in [3.05, 3.63) is 30.3 Å². The highest BCUT2D eigenvalue weighted by Crippen LogP contribution is 2.26. The van der Waals surface area contributed by atoms with E-state index >= 15 is 0 Å². The lowest BCUT2D eigenvalue weighted by atomic mass is 10.2. The Bertz CT molecular complexity index is 450. The highest BCUT2D eigenvalue weighted by atomic mass is 28.4. The summed E-state index contributed by atoms with van der Waals surface area (Å²) in [5, 5.41) is 10.3. The van der Waals surface area contributed by atoms with Crippen molar-refractivity contribution in [2.45, 2.75) is 58.8 Å². The number of nitrogens with zero attached hydrogens (tertiary/aromatic N) is 1. The molecule has 0 amide bonds. The SMILES string of the molecule is CC(C)(C)O[Si](CC#N)(OC(C)(C)C)c1ccccc1. The lowest BCUT2D eigenvalue weighted by Crippen LogP contribution is -2.59. The molecule has 0 bridgehead atoms. The van der Waals surface area contributed by atoms with Crippen LogP contribution in [0.25, 0.3) is 0 Å². The van der Waals surface area contributed by atoms with Crippen LogP contribution in [0.3, 0.4) is 0 Å². The van der Waals surface area contributed by atoms with Crippen LogP contribution in [0.4, 0.5) is 0 Å². The van der Waals surface area contributed by atoms with E-state index in [1.165, 1.54) is 0 Å². The van der Waals surface area contributed by atoms with Crippen molar-refractivity contribution >= 4 is 13.7 Å². The van der Waals surface area contributed by atoms with Gasteiger partial charge in [0.2, 0.25) is 0 Å². The average Bonchev–Trinajstić information content (AvgIpc) is 2.26. The monoisotopic (exact) mass is 291 g/mol. The van der Waals surface area contributed by atoms with Crippen molar-refractivity contribution in [2.75, 3.05) is 0 Å². The maximum Gasteiger partial charge on any atom is 0.387 e. The fourth-order valence-electron chi connectivity index (χ4n) is 2.10. The molecule has 0 unspecified atom stereocenters. The fraction of sp³-hybridized carbons (Fsp3) is 0.562. The van der Waals surface area contributed by atoms with Crippen molar-refractivity contribution < 1.29 is 8.85 Å². The van der Waals surface area contributed by atoms with Crippen LogP contribution in [0.15, 0.2) is 30.3 Å². The minimum atomic E-state index is -2.80. The third kappa shape index (κ3) is 5.08. The van der Waals surface area contributed by atoms with Crippen LogP contribution < -0.4 is 5.19 Å². The second kappa shape index (κ2) is 6.09. The van der Waals surface area contributed by atoms with Crippen LogP contribution in [-0.4, -0.2) is 19.8 Å². The number of hydrogen-bond acceptors (Lipinski definition) is 3. The van der Waals surface area contributed by atoms with Crippen LogP contribution in [0.2, 0.25) is 6.04 Å². The first-order chi connectivity index (χ1) is 9.08. The Morgan fingerprint density at radius 3 is 1.75 bits per heavy atom. The molecule has 0 atom stereocenters. The fourth-order valence-corrected chi connectivity index (χ4v) is 5.61. The van der Waals surface area contributed by atoms with E-state index in [1.807, 2.05) is 71.9 Å². The summed E-state index contributed by atoms with van der Waals surface area (Å²) in [6.07, 6.45) is 0.